The van der Waals surface area contributed by atoms with Gasteiger partial charge in [-0.25, -0.2) is 0 Å². The van der Waals surface area contributed by atoms with Gasteiger partial charge < -0.3 is 5.32 Å². The maximum Gasteiger partial charge on any atom is 0.0568 e. The van der Waals surface area contributed by atoms with Crippen LogP contribution in [0.2, 0.25) is 0 Å². The molecular weight excluding hydrogens is 222 g/mol. The Balaban J connectivity index is 2.19. The lowest BCUT2D eigenvalue weighted by Crippen LogP contribution is -2.19. The first-order chi connectivity index (χ1) is 8.70. The molecule has 0 saturated heterocycles. The molecule has 0 aliphatic carbocycles. The molecule has 0 bridgehead atoms. The molecule has 0 saturated carbocycles. The molecule has 1 aromatic heterocycles. The van der Waals surface area contributed by atoms with E-state index >= 15 is 0 Å². The highest BCUT2D eigenvalue weighted by Gasteiger charge is 2.06. The number of aryl methyl sites for hydroxylation is 1. The zero-order valence-corrected chi connectivity index (χ0v) is 11.4. The molecule has 0 amide bonds. The van der Waals surface area contributed by atoms with Crippen molar-refractivity contribution < 1.29 is 0 Å². The number of nitrogens with zero attached hydrogens (tertiary/aromatic N) is 2. The first-order valence-corrected chi connectivity index (χ1v) is 6.53. The highest BCUT2D eigenvalue weighted by molar-refractivity contribution is 5.62. The molecule has 0 aliphatic rings. The molecule has 96 valence electrons. The molecule has 3 heteroatoms. The number of benzene rings is 1. The van der Waals surface area contributed by atoms with Crippen LogP contribution in [0.25, 0.3) is 11.1 Å². The summed E-state index contributed by atoms with van der Waals surface area (Å²) in [7, 11) is 1.94. The Morgan fingerprint density at radius 1 is 1.33 bits per heavy atom. The molecule has 1 atom stereocenters. The Bertz CT molecular complexity index is 502. The summed E-state index contributed by atoms with van der Waals surface area (Å²) in [4.78, 5) is 0. The molecule has 1 N–H and O–H groups in total. The lowest BCUT2D eigenvalue weighted by Gasteiger charge is -2.14. The number of nitrogens with one attached hydrogen (secondary N) is 1. The van der Waals surface area contributed by atoms with Crippen LogP contribution in [0.4, 0.5) is 0 Å². The predicted molar refractivity (Wildman–Crippen MR) is 75.4 cm³/mol. The third-order valence-electron chi connectivity index (χ3n) is 3.13. The quantitative estimate of drug-likeness (QED) is 0.874. The Hall–Kier alpha value is -1.61. The van der Waals surface area contributed by atoms with Crippen molar-refractivity contribution in [1.82, 2.24) is 15.1 Å². The highest BCUT2D eigenvalue weighted by atomic mass is 15.2. The van der Waals surface area contributed by atoms with E-state index in [0.29, 0.717) is 6.04 Å². The van der Waals surface area contributed by atoms with E-state index in [4.69, 9.17) is 0 Å². The van der Waals surface area contributed by atoms with Gasteiger partial charge >= 0.3 is 0 Å². The fraction of sp³-hybridized carbons (Fsp3) is 0.400. The van der Waals surface area contributed by atoms with Crippen molar-refractivity contribution in [2.45, 2.75) is 26.3 Å². The topological polar surface area (TPSA) is 29.9 Å². The van der Waals surface area contributed by atoms with Gasteiger partial charge in [0, 0.05) is 24.8 Å². The minimum atomic E-state index is 0.390. The van der Waals surface area contributed by atoms with Crippen LogP contribution in [0.15, 0.2) is 36.7 Å². The van der Waals surface area contributed by atoms with Crippen molar-refractivity contribution in [3.63, 3.8) is 0 Å². The van der Waals surface area contributed by atoms with Gasteiger partial charge in [-0.05, 0) is 37.1 Å². The lowest BCUT2D eigenvalue weighted by molar-refractivity contribution is 0.571. The Morgan fingerprint density at radius 2 is 2.17 bits per heavy atom. The molecule has 2 rings (SSSR count). The molecular formula is C15H21N3. The van der Waals surface area contributed by atoms with E-state index < -0.39 is 0 Å². The standard InChI is InChI=1S/C15H21N3/c1-4-8-16-12(2)13-6-5-7-14(9-13)15-10-17-18(3)11-15/h5-7,9-12,16H,4,8H2,1-3H3. The molecule has 1 heterocycles. The minimum absolute atomic E-state index is 0.390. The average molecular weight is 243 g/mol. The largest absolute Gasteiger partial charge is 0.310 e. The van der Waals surface area contributed by atoms with E-state index in [9.17, 15) is 0 Å². The smallest absolute Gasteiger partial charge is 0.0568 e. The van der Waals surface area contributed by atoms with Crippen LogP contribution in [-0.4, -0.2) is 16.3 Å². The second-order valence-electron chi connectivity index (χ2n) is 4.70. The highest BCUT2D eigenvalue weighted by Crippen LogP contribution is 2.22. The van der Waals surface area contributed by atoms with E-state index in [-0.39, 0.29) is 0 Å². The van der Waals surface area contributed by atoms with Crippen molar-refractivity contribution in [2.24, 2.45) is 7.05 Å². The number of hydrogen-bond donors (Lipinski definition) is 1. The fourth-order valence-corrected chi connectivity index (χ4v) is 2.04. The second kappa shape index (κ2) is 5.83. The van der Waals surface area contributed by atoms with Crippen molar-refractivity contribution in [3.05, 3.63) is 42.2 Å². The van der Waals surface area contributed by atoms with Gasteiger partial charge in [0.05, 0.1) is 6.20 Å². The van der Waals surface area contributed by atoms with Crippen molar-refractivity contribution >= 4 is 0 Å². The zero-order chi connectivity index (χ0) is 13.0. The molecule has 0 fully saturated rings. The Kier molecular flexibility index (Phi) is 4.15. The van der Waals surface area contributed by atoms with Crippen LogP contribution in [0.1, 0.15) is 31.9 Å². The second-order valence-corrected chi connectivity index (χ2v) is 4.70. The summed E-state index contributed by atoms with van der Waals surface area (Å²) in [6.45, 7) is 5.45. The van der Waals surface area contributed by atoms with E-state index in [1.807, 2.05) is 24.1 Å². The number of hydrogen-bond acceptors (Lipinski definition) is 2. The van der Waals surface area contributed by atoms with Crippen LogP contribution >= 0.6 is 0 Å². The Morgan fingerprint density at radius 3 is 2.83 bits per heavy atom. The summed E-state index contributed by atoms with van der Waals surface area (Å²) in [6.07, 6.45) is 5.11. The van der Waals surface area contributed by atoms with Gasteiger partial charge in [-0.2, -0.15) is 5.10 Å². The SMILES string of the molecule is CCCNC(C)c1cccc(-c2cnn(C)c2)c1. The van der Waals surface area contributed by atoms with E-state index in [2.05, 4.69) is 48.5 Å². The molecule has 18 heavy (non-hydrogen) atoms. The fourth-order valence-electron chi connectivity index (χ4n) is 2.04. The van der Waals surface area contributed by atoms with Crippen LogP contribution in [0.3, 0.4) is 0 Å². The minimum Gasteiger partial charge on any atom is -0.310 e. The summed E-state index contributed by atoms with van der Waals surface area (Å²) in [5, 5.41) is 7.73. The molecule has 1 aromatic carbocycles. The number of aromatic nitrogens is 2. The molecule has 2 aromatic rings. The summed E-state index contributed by atoms with van der Waals surface area (Å²) < 4.78 is 1.83. The van der Waals surface area contributed by atoms with Gasteiger partial charge in [-0.3, -0.25) is 4.68 Å². The summed E-state index contributed by atoms with van der Waals surface area (Å²) >= 11 is 0. The molecule has 0 aliphatic heterocycles. The first kappa shape index (κ1) is 12.8. The summed E-state index contributed by atoms with van der Waals surface area (Å²) in [6, 6.07) is 9.05. The number of rotatable bonds is 5. The van der Waals surface area contributed by atoms with Gasteiger partial charge in [-0.15, -0.1) is 0 Å². The van der Waals surface area contributed by atoms with E-state index in [1.165, 1.54) is 16.7 Å². The maximum absolute atomic E-state index is 4.22. The third kappa shape index (κ3) is 2.99. The van der Waals surface area contributed by atoms with Gasteiger partial charge in [0.2, 0.25) is 0 Å². The van der Waals surface area contributed by atoms with Crippen LogP contribution < -0.4 is 5.32 Å². The van der Waals surface area contributed by atoms with Crippen LogP contribution in [0.5, 0.6) is 0 Å². The van der Waals surface area contributed by atoms with Crippen LogP contribution in [0, 0.1) is 0 Å². The maximum atomic E-state index is 4.22. The van der Waals surface area contributed by atoms with Crippen molar-refractivity contribution in [3.8, 4) is 11.1 Å². The van der Waals surface area contributed by atoms with Gasteiger partial charge in [0.25, 0.3) is 0 Å². The lowest BCUT2D eigenvalue weighted by atomic mass is 10.0. The molecule has 3 nitrogen and oxygen atoms in total. The first-order valence-electron chi connectivity index (χ1n) is 6.53. The molecule has 1 unspecified atom stereocenters. The van der Waals surface area contributed by atoms with Crippen LogP contribution in [-0.2, 0) is 7.05 Å². The predicted octanol–water partition coefficient (Wildman–Crippen LogP) is 3.15. The van der Waals surface area contributed by atoms with Gasteiger partial charge in [0.15, 0.2) is 0 Å². The molecule has 0 radical (unpaired) electrons. The normalized spacial score (nSPS) is 12.6. The van der Waals surface area contributed by atoms with Gasteiger partial charge in [-0.1, -0.05) is 25.1 Å². The van der Waals surface area contributed by atoms with Crippen molar-refractivity contribution in [1.29, 1.82) is 0 Å². The van der Waals surface area contributed by atoms with Crippen molar-refractivity contribution in [2.75, 3.05) is 6.54 Å². The van der Waals surface area contributed by atoms with E-state index in [0.717, 1.165) is 13.0 Å². The summed E-state index contributed by atoms with van der Waals surface area (Å²) in [5.41, 5.74) is 3.72. The van der Waals surface area contributed by atoms with E-state index in [1.54, 1.807) is 0 Å². The van der Waals surface area contributed by atoms with Gasteiger partial charge in [0.1, 0.15) is 0 Å². The monoisotopic (exact) mass is 243 g/mol. The Labute approximate surface area is 109 Å². The zero-order valence-electron chi connectivity index (χ0n) is 11.4. The average Bonchev–Trinajstić information content (AvgIpc) is 2.83. The summed E-state index contributed by atoms with van der Waals surface area (Å²) in [5.74, 6) is 0. The molecule has 0 spiro atoms. The third-order valence-corrected chi connectivity index (χ3v) is 3.13.